The third-order valence-electron chi connectivity index (χ3n) is 3.72. The van der Waals surface area contributed by atoms with Crippen molar-refractivity contribution in [1.29, 1.82) is 0 Å². The van der Waals surface area contributed by atoms with Gasteiger partial charge < -0.3 is 19.3 Å². The van der Waals surface area contributed by atoms with Crippen LogP contribution in [0.1, 0.15) is 22.8 Å². The SMILES string of the molecule is COc1ccc(/C=C2\Oc3cc(OC(C)C(=O)O)ccc3C2=O)cc1. The van der Waals surface area contributed by atoms with Crippen molar-refractivity contribution in [2.45, 2.75) is 13.0 Å². The highest BCUT2D eigenvalue weighted by atomic mass is 16.5. The summed E-state index contributed by atoms with van der Waals surface area (Å²) >= 11 is 0. The number of rotatable bonds is 5. The summed E-state index contributed by atoms with van der Waals surface area (Å²) in [6.07, 6.45) is 0.645. The van der Waals surface area contributed by atoms with E-state index < -0.39 is 12.1 Å². The number of carboxylic acids is 1. The van der Waals surface area contributed by atoms with Gasteiger partial charge >= 0.3 is 5.97 Å². The van der Waals surface area contributed by atoms with E-state index in [1.165, 1.54) is 13.0 Å². The second-order valence-corrected chi connectivity index (χ2v) is 5.47. The molecule has 1 aliphatic rings. The van der Waals surface area contributed by atoms with Crippen molar-refractivity contribution in [2.75, 3.05) is 7.11 Å². The van der Waals surface area contributed by atoms with Crippen molar-refractivity contribution >= 4 is 17.8 Å². The molecule has 0 amide bonds. The number of carboxylic acid groups (broad SMARTS) is 1. The summed E-state index contributed by atoms with van der Waals surface area (Å²) in [6.45, 7) is 1.43. The fraction of sp³-hybridized carbons (Fsp3) is 0.158. The van der Waals surface area contributed by atoms with Gasteiger partial charge in [0.15, 0.2) is 11.9 Å². The van der Waals surface area contributed by atoms with Crippen LogP contribution < -0.4 is 14.2 Å². The van der Waals surface area contributed by atoms with Gasteiger partial charge in [-0.1, -0.05) is 12.1 Å². The number of hydrogen-bond acceptors (Lipinski definition) is 5. The number of ketones is 1. The zero-order valence-electron chi connectivity index (χ0n) is 13.7. The standard InChI is InChI=1S/C19H16O6/c1-11(19(21)22)24-14-7-8-15-16(10-14)25-17(18(15)20)9-12-3-5-13(23-2)6-4-12/h3-11H,1-2H3,(H,21,22)/b17-9-. The molecule has 128 valence electrons. The maximum absolute atomic E-state index is 12.4. The molecule has 1 atom stereocenters. The minimum Gasteiger partial charge on any atom is -0.497 e. The molecular formula is C19H16O6. The largest absolute Gasteiger partial charge is 0.497 e. The predicted molar refractivity (Wildman–Crippen MR) is 90.1 cm³/mol. The van der Waals surface area contributed by atoms with Crippen LogP contribution in [0.25, 0.3) is 6.08 Å². The number of Topliss-reactive ketones (excluding diaryl/α,β-unsaturated/α-hetero) is 1. The monoisotopic (exact) mass is 340 g/mol. The molecular weight excluding hydrogens is 324 g/mol. The quantitative estimate of drug-likeness (QED) is 0.842. The summed E-state index contributed by atoms with van der Waals surface area (Å²) in [4.78, 5) is 23.3. The summed E-state index contributed by atoms with van der Waals surface area (Å²) in [5.74, 6) is 0.287. The molecule has 25 heavy (non-hydrogen) atoms. The molecule has 0 radical (unpaired) electrons. The molecule has 0 fully saturated rings. The van der Waals surface area contributed by atoms with Gasteiger partial charge in [0.25, 0.3) is 0 Å². The molecule has 0 bridgehead atoms. The zero-order valence-corrected chi connectivity index (χ0v) is 13.7. The number of methoxy groups -OCH3 is 1. The molecule has 0 saturated carbocycles. The summed E-state index contributed by atoms with van der Waals surface area (Å²) in [6, 6.07) is 11.8. The number of benzene rings is 2. The average molecular weight is 340 g/mol. The smallest absolute Gasteiger partial charge is 0.344 e. The fourth-order valence-corrected chi connectivity index (χ4v) is 2.35. The number of allylic oxidation sites excluding steroid dienone is 1. The van der Waals surface area contributed by atoms with Gasteiger partial charge in [-0.05, 0) is 42.8 Å². The third-order valence-corrected chi connectivity index (χ3v) is 3.72. The van der Waals surface area contributed by atoms with Crippen molar-refractivity contribution in [3.63, 3.8) is 0 Å². The van der Waals surface area contributed by atoms with Gasteiger partial charge in [0.05, 0.1) is 12.7 Å². The van der Waals surface area contributed by atoms with E-state index in [4.69, 9.17) is 19.3 Å². The van der Waals surface area contributed by atoms with E-state index in [1.54, 1.807) is 37.5 Å². The van der Waals surface area contributed by atoms with Gasteiger partial charge in [-0.3, -0.25) is 4.79 Å². The van der Waals surface area contributed by atoms with E-state index in [2.05, 4.69) is 0 Å². The number of ether oxygens (including phenoxy) is 3. The minimum atomic E-state index is -1.07. The molecule has 1 aliphatic heterocycles. The normalized spacial score (nSPS) is 15.4. The number of fused-ring (bicyclic) bond motifs is 1. The Morgan fingerprint density at radius 1 is 1.16 bits per heavy atom. The van der Waals surface area contributed by atoms with Crippen molar-refractivity contribution in [3.8, 4) is 17.2 Å². The Labute approximate surface area is 144 Å². The van der Waals surface area contributed by atoms with Gasteiger partial charge in [0.2, 0.25) is 5.78 Å². The van der Waals surface area contributed by atoms with Crippen LogP contribution in [0.5, 0.6) is 17.2 Å². The van der Waals surface area contributed by atoms with Crippen LogP contribution in [0.15, 0.2) is 48.2 Å². The van der Waals surface area contributed by atoms with Crippen LogP contribution >= 0.6 is 0 Å². The topological polar surface area (TPSA) is 82.1 Å². The Morgan fingerprint density at radius 3 is 2.48 bits per heavy atom. The molecule has 2 aromatic rings. The molecule has 3 rings (SSSR count). The molecule has 1 unspecified atom stereocenters. The fourth-order valence-electron chi connectivity index (χ4n) is 2.35. The first-order chi connectivity index (χ1) is 12.0. The van der Waals surface area contributed by atoms with E-state index >= 15 is 0 Å². The minimum absolute atomic E-state index is 0.198. The first kappa shape index (κ1) is 16.6. The van der Waals surface area contributed by atoms with Gasteiger partial charge in [-0.15, -0.1) is 0 Å². The van der Waals surface area contributed by atoms with Crippen LogP contribution in [0.3, 0.4) is 0 Å². The van der Waals surface area contributed by atoms with Crippen LogP contribution in [-0.2, 0) is 4.79 Å². The Bertz CT molecular complexity index is 851. The second kappa shape index (κ2) is 6.68. The molecule has 1 N–H and O–H groups in total. The highest BCUT2D eigenvalue weighted by Gasteiger charge is 2.28. The molecule has 6 nitrogen and oxygen atoms in total. The summed E-state index contributed by atoms with van der Waals surface area (Å²) in [5.41, 5.74) is 1.21. The molecule has 1 heterocycles. The molecule has 0 aromatic heterocycles. The van der Waals surface area contributed by atoms with Gasteiger partial charge in [0.1, 0.15) is 17.2 Å². The van der Waals surface area contributed by atoms with Gasteiger partial charge in [0, 0.05) is 6.07 Å². The average Bonchev–Trinajstić information content (AvgIpc) is 2.91. The molecule has 0 aliphatic carbocycles. The lowest BCUT2D eigenvalue weighted by Gasteiger charge is -2.10. The van der Waals surface area contributed by atoms with Crippen LogP contribution in [-0.4, -0.2) is 30.1 Å². The Balaban J connectivity index is 1.82. The van der Waals surface area contributed by atoms with Crippen molar-refractivity contribution < 1.29 is 28.9 Å². The molecule has 0 spiro atoms. The zero-order chi connectivity index (χ0) is 18.0. The van der Waals surface area contributed by atoms with E-state index in [9.17, 15) is 9.59 Å². The van der Waals surface area contributed by atoms with E-state index in [0.29, 0.717) is 17.1 Å². The number of carbonyl (C=O) groups is 2. The molecule has 0 saturated heterocycles. The first-order valence-corrected chi connectivity index (χ1v) is 7.60. The maximum atomic E-state index is 12.4. The van der Waals surface area contributed by atoms with E-state index in [0.717, 1.165) is 11.3 Å². The number of carbonyl (C=O) groups excluding carboxylic acids is 1. The number of hydrogen-bond donors (Lipinski definition) is 1. The van der Waals surface area contributed by atoms with Gasteiger partial charge in [-0.25, -0.2) is 4.79 Å². The van der Waals surface area contributed by atoms with Crippen molar-refractivity contribution in [3.05, 3.63) is 59.4 Å². The first-order valence-electron chi connectivity index (χ1n) is 7.60. The van der Waals surface area contributed by atoms with E-state index in [-0.39, 0.29) is 11.5 Å². The Morgan fingerprint density at radius 2 is 1.84 bits per heavy atom. The Hall–Kier alpha value is -3.28. The predicted octanol–water partition coefficient (Wildman–Crippen LogP) is 3.16. The van der Waals surface area contributed by atoms with Crippen molar-refractivity contribution in [2.24, 2.45) is 0 Å². The summed E-state index contributed by atoms with van der Waals surface area (Å²) in [5, 5.41) is 8.89. The van der Waals surface area contributed by atoms with Crippen LogP contribution in [0, 0.1) is 0 Å². The van der Waals surface area contributed by atoms with Gasteiger partial charge in [-0.2, -0.15) is 0 Å². The summed E-state index contributed by atoms with van der Waals surface area (Å²) in [7, 11) is 1.58. The second-order valence-electron chi connectivity index (χ2n) is 5.47. The third kappa shape index (κ3) is 3.47. The highest BCUT2D eigenvalue weighted by molar-refractivity contribution is 6.14. The molecule has 2 aromatic carbocycles. The Kier molecular flexibility index (Phi) is 4.43. The lowest BCUT2D eigenvalue weighted by Crippen LogP contribution is -2.22. The number of aliphatic carboxylic acids is 1. The van der Waals surface area contributed by atoms with E-state index in [1.807, 2.05) is 12.1 Å². The highest BCUT2D eigenvalue weighted by Crippen LogP contribution is 2.35. The summed E-state index contributed by atoms with van der Waals surface area (Å²) < 4.78 is 16.0. The van der Waals surface area contributed by atoms with Crippen LogP contribution in [0.4, 0.5) is 0 Å². The van der Waals surface area contributed by atoms with Crippen molar-refractivity contribution in [1.82, 2.24) is 0 Å². The van der Waals surface area contributed by atoms with Crippen LogP contribution in [0.2, 0.25) is 0 Å². The lowest BCUT2D eigenvalue weighted by atomic mass is 10.1. The molecule has 6 heteroatoms. The maximum Gasteiger partial charge on any atom is 0.344 e. The lowest BCUT2D eigenvalue weighted by molar-refractivity contribution is -0.144.